The van der Waals surface area contributed by atoms with Crippen molar-refractivity contribution >= 4 is 21.9 Å². The molecule has 0 heterocycles. The summed E-state index contributed by atoms with van der Waals surface area (Å²) in [6, 6.07) is 5.44. The molecule has 1 N–H and O–H groups in total. The summed E-state index contributed by atoms with van der Waals surface area (Å²) in [6.07, 6.45) is 0.257. The number of carbonyl (C=O) groups excluding carboxylic acids is 1. The maximum absolute atomic E-state index is 11.4. The second-order valence-electron chi connectivity index (χ2n) is 4.39. The van der Waals surface area contributed by atoms with Crippen molar-refractivity contribution in [3.63, 3.8) is 0 Å². The van der Waals surface area contributed by atoms with Crippen LogP contribution < -0.4 is 5.32 Å². The van der Waals surface area contributed by atoms with Crippen molar-refractivity contribution in [2.75, 3.05) is 20.3 Å². The zero-order valence-corrected chi connectivity index (χ0v) is 13.1. The fourth-order valence-electron chi connectivity index (χ4n) is 1.53. The van der Waals surface area contributed by atoms with E-state index in [2.05, 4.69) is 26.0 Å². The summed E-state index contributed by atoms with van der Waals surface area (Å²) in [7, 11) is 1.38. The Kier molecular flexibility index (Phi) is 7.05. The predicted molar refractivity (Wildman–Crippen MR) is 78.3 cm³/mol. The number of hydrogen-bond acceptors (Lipinski definition) is 4. The molecule has 0 unspecified atom stereocenters. The lowest BCUT2D eigenvalue weighted by Crippen LogP contribution is -2.21. The van der Waals surface area contributed by atoms with Gasteiger partial charge in [0.25, 0.3) is 0 Å². The SMILES string of the molecule is COC(=O)c1ccc(CNCCOC(C)C)c(Br)c1. The number of benzene rings is 1. The quantitative estimate of drug-likeness (QED) is 0.617. The van der Waals surface area contributed by atoms with E-state index in [1.54, 1.807) is 12.1 Å². The molecule has 0 aliphatic rings. The molecule has 0 atom stereocenters. The van der Waals surface area contributed by atoms with E-state index in [1.165, 1.54) is 7.11 Å². The molecule has 0 amide bonds. The van der Waals surface area contributed by atoms with Gasteiger partial charge in [0.05, 0.1) is 25.4 Å². The first-order valence-corrected chi connectivity index (χ1v) is 7.03. The van der Waals surface area contributed by atoms with E-state index in [-0.39, 0.29) is 12.1 Å². The van der Waals surface area contributed by atoms with Crippen molar-refractivity contribution in [2.45, 2.75) is 26.5 Å². The van der Waals surface area contributed by atoms with E-state index in [0.717, 1.165) is 23.1 Å². The molecule has 0 aromatic heterocycles. The molecule has 4 nitrogen and oxygen atoms in total. The molecule has 0 bridgehead atoms. The van der Waals surface area contributed by atoms with Crippen molar-refractivity contribution in [1.29, 1.82) is 0 Å². The summed E-state index contributed by atoms with van der Waals surface area (Å²) in [4.78, 5) is 11.4. The van der Waals surface area contributed by atoms with Crippen LogP contribution in [0.2, 0.25) is 0 Å². The van der Waals surface area contributed by atoms with Crippen LogP contribution in [0.3, 0.4) is 0 Å². The third-order valence-corrected chi connectivity index (χ3v) is 3.26. The van der Waals surface area contributed by atoms with Crippen molar-refractivity contribution < 1.29 is 14.3 Å². The number of hydrogen-bond donors (Lipinski definition) is 1. The fraction of sp³-hybridized carbons (Fsp3) is 0.500. The largest absolute Gasteiger partial charge is 0.465 e. The summed E-state index contributed by atoms with van der Waals surface area (Å²) in [5.41, 5.74) is 1.64. The van der Waals surface area contributed by atoms with Gasteiger partial charge in [-0.05, 0) is 31.5 Å². The highest BCUT2D eigenvalue weighted by Gasteiger charge is 2.08. The zero-order valence-electron chi connectivity index (χ0n) is 11.5. The molecular formula is C14H20BrNO3. The van der Waals surface area contributed by atoms with Gasteiger partial charge < -0.3 is 14.8 Å². The maximum atomic E-state index is 11.4. The van der Waals surface area contributed by atoms with Gasteiger partial charge >= 0.3 is 5.97 Å². The molecule has 0 aliphatic carbocycles. The maximum Gasteiger partial charge on any atom is 0.337 e. The molecule has 0 spiro atoms. The molecule has 1 aromatic carbocycles. The molecule has 106 valence electrons. The second kappa shape index (κ2) is 8.30. The molecule has 1 aromatic rings. The molecule has 0 saturated heterocycles. The number of halogens is 1. The highest BCUT2D eigenvalue weighted by atomic mass is 79.9. The summed E-state index contributed by atoms with van der Waals surface area (Å²) < 4.78 is 11.0. The van der Waals surface area contributed by atoms with Gasteiger partial charge in [-0.15, -0.1) is 0 Å². The molecule has 5 heteroatoms. The smallest absolute Gasteiger partial charge is 0.337 e. The topological polar surface area (TPSA) is 47.6 Å². The van der Waals surface area contributed by atoms with Gasteiger partial charge in [-0.3, -0.25) is 0 Å². The lowest BCUT2D eigenvalue weighted by Gasteiger charge is -2.10. The number of esters is 1. The van der Waals surface area contributed by atoms with Gasteiger partial charge in [0, 0.05) is 17.6 Å². The molecule has 0 saturated carbocycles. The number of nitrogens with one attached hydrogen (secondary N) is 1. The van der Waals surface area contributed by atoms with Gasteiger partial charge in [0.1, 0.15) is 0 Å². The third-order valence-electron chi connectivity index (χ3n) is 2.52. The van der Waals surface area contributed by atoms with Crippen molar-refractivity contribution in [2.24, 2.45) is 0 Å². The Morgan fingerprint density at radius 3 is 2.74 bits per heavy atom. The second-order valence-corrected chi connectivity index (χ2v) is 5.25. The Labute approximate surface area is 122 Å². The third kappa shape index (κ3) is 5.72. The van der Waals surface area contributed by atoms with Gasteiger partial charge in [0.2, 0.25) is 0 Å². The van der Waals surface area contributed by atoms with E-state index < -0.39 is 0 Å². The first kappa shape index (κ1) is 16.1. The molecule has 0 aliphatic heterocycles. The first-order valence-electron chi connectivity index (χ1n) is 6.23. The molecule has 1 rings (SSSR count). The Morgan fingerprint density at radius 1 is 1.42 bits per heavy atom. The molecule has 0 fully saturated rings. The standard InChI is InChI=1S/C14H20BrNO3/c1-10(2)19-7-6-16-9-12-5-4-11(8-13(12)15)14(17)18-3/h4-5,8,10,16H,6-7,9H2,1-3H3. The van der Waals surface area contributed by atoms with Crippen LogP contribution in [0.25, 0.3) is 0 Å². The Morgan fingerprint density at radius 2 is 2.16 bits per heavy atom. The first-order chi connectivity index (χ1) is 9.04. The van der Waals surface area contributed by atoms with Crippen molar-refractivity contribution in [3.8, 4) is 0 Å². The van der Waals surface area contributed by atoms with Crippen LogP contribution in [0.4, 0.5) is 0 Å². The number of ether oxygens (including phenoxy) is 2. The van der Waals surface area contributed by atoms with Gasteiger partial charge in [0.15, 0.2) is 0 Å². The van der Waals surface area contributed by atoms with E-state index in [1.807, 2.05) is 19.9 Å². The van der Waals surface area contributed by atoms with Crippen LogP contribution in [0, 0.1) is 0 Å². The number of rotatable bonds is 7. The van der Waals surface area contributed by atoms with E-state index >= 15 is 0 Å². The van der Waals surface area contributed by atoms with Crippen LogP contribution in [0.1, 0.15) is 29.8 Å². The minimum atomic E-state index is -0.328. The number of carbonyl (C=O) groups is 1. The van der Waals surface area contributed by atoms with Gasteiger partial charge in [-0.25, -0.2) is 4.79 Å². The van der Waals surface area contributed by atoms with Gasteiger partial charge in [-0.1, -0.05) is 22.0 Å². The fourth-order valence-corrected chi connectivity index (χ4v) is 2.04. The van der Waals surface area contributed by atoms with E-state index in [4.69, 9.17) is 4.74 Å². The molecule has 19 heavy (non-hydrogen) atoms. The van der Waals surface area contributed by atoms with Crippen LogP contribution >= 0.6 is 15.9 Å². The minimum absolute atomic E-state index is 0.257. The van der Waals surface area contributed by atoms with Crippen molar-refractivity contribution in [1.82, 2.24) is 5.32 Å². The van der Waals surface area contributed by atoms with Crippen LogP contribution in [-0.2, 0) is 16.0 Å². The predicted octanol–water partition coefficient (Wildman–Crippen LogP) is 2.75. The van der Waals surface area contributed by atoms with Gasteiger partial charge in [-0.2, -0.15) is 0 Å². The van der Waals surface area contributed by atoms with Crippen molar-refractivity contribution in [3.05, 3.63) is 33.8 Å². The summed E-state index contributed by atoms with van der Waals surface area (Å²) in [6.45, 7) is 6.24. The Hall–Kier alpha value is -0.910. The zero-order chi connectivity index (χ0) is 14.3. The minimum Gasteiger partial charge on any atom is -0.465 e. The number of methoxy groups -OCH3 is 1. The monoisotopic (exact) mass is 329 g/mol. The Bertz CT molecular complexity index is 421. The Balaban J connectivity index is 2.44. The molecular weight excluding hydrogens is 310 g/mol. The summed E-state index contributed by atoms with van der Waals surface area (Å²) in [5.74, 6) is -0.328. The van der Waals surface area contributed by atoms with Crippen LogP contribution in [0.5, 0.6) is 0 Å². The lowest BCUT2D eigenvalue weighted by atomic mass is 10.1. The average Bonchev–Trinajstić information content (AvgIpc) is 2.38. The summed E-state index contributed by atoms with van der Waals surface area (Å²) in [5, 5.41) is 3.29. The van der Waals surface area contributed by atoms with Crippen LogP contribution in [0.15, 0.2) is 22.7 Å². The van der Waals surface area contributed by atoms with E-state index in [9.17, 15) is 4.79 Å². The average molecular weight is 330 g/mol. The van der Waals surface area contributed by atoms with E-state index in [0.29, 0.717) is 12.2 Å². The normalized spacial score (nSPS) is 10.8. The highest BCUT2D eigenvalue weighted by molar-refractivity contribution is 9.10. The van der Waals surface area contributed by atoms with Crippen LogP contribution in [-0.4, -0.2) is 32.3 Å². The highest BCUT2D eigenvalue weighted by Crippen LogP contribution is 2.19. The molecule has 0 radical (unpaired) electrons. The lowest BCUT2D eigenvalue weighted by molar-refractivity contribution is 0.0600. The summed E-state index contributed by atoms with van der Waals surface area (Å²) >= 11 is 3.46.